The predicted molar refractivity (Wildman–Crippen MR) is 168 cm³/mol. The molecule has 0 aromatic heterocycles. The summed E-state index contributed by atoms with van der Waals surface area (Å²) in [5, 5.41) is 0. The molecule has 0 spiro atoms. The minimum Gasteiger partial charge on any atom is -0.372 e. The van der Waals surface area contributed by atoms with Crippen molar-refractivity contribution in [3.05, 3.63) is 72.8 Å². The van der Waals surface area contributed by atoms with E-state index in [2.05, 4.69) is 129 Å². The number of nitrogens with zero attached hydrogens (tertiary/aromatic N) is 3. The second-order valence-electron chi connectivity index (χ2n) is 10.0. The average molecular weight is 516 g/mol. The van der Waals surface area contributed by atoms with Crippen LogP contribution in [0.1, 0.15) is 67.2 Å². The van der Waals surface area contributed by atoms with Crippen molar-refractivity contribution in [3.63, 3.8) is 0 Å². The van der Waals surface area contributed by atoms with Crippen LogP contribution in [0, 0.1) is 0 Å². The molecule has 0 amide bonds. The van der Waals surface area contributed by atoms with Crippen molar-refractivity contribution in [2.24, 2.45) is 0 Å². The number of rotatable bonds is 16. The lowest BCUT2D eigenvalue weighted by Gasteiger charge is -2.27. The Morgan fingerprint density at radius 2 is 0.842 bits per heavy atom. The lowest BCUT2D eigenvalue weighted by atomic mass is 10.1. The normalized spacial score (nSPS) is 11.8. The van der Waals surface area contributed by atoms with Gasteiger partial charge in [-0.3, -0.25) is 4.90 Å². The van der Waals surface area contributed by atoms with E-state index in [1.54, 1.807) is 0 Å². The van der Waals surface area contributed by atoms with Gasteiger partial charge in [0.05, 0.1) is 6.54 Å². The van der Waals surface area contributed by atoms with Crippen LogP contribution in [0.2, 0.25) is 0 Å². The van der Waals surface area contributed by atoms with Crippen LogP contribution in [0.15, 0.2) is 72.8 Å². The molecular formula is C34H51N4+. The molecule has 0 saturated carbocycles. The lowest BCUT2D eigenvalue weighted by molar-refractivity contribution is -0.760. The predicted octanol–water partition coefficient (Wildman–Crippen LogP) is 7.97. The highest BCUT2D eigenvalue weighted by Gasteiger charge is 2.17. The Bertz CT molecular complexity index is 949. The monoisotopic (exact) mass is 515 g/mol. The number of nitrogens with one attached hydrogen (secondary N) is 1. The van der Waals surface area contributed by atoms with Gasteiger partial charge in [0.2, 0.25) is 0 Å². The Hall–Kier alpha value is -2.98. The molecule has 38 heavy (non-hydrogen) atoms. The molecule has 0 fully saturated rings. The Kier molecular flexibility index (Phi) is 12.0. The highest BCUT2D eigenvalue weighted by Crippen LogP contribution is 2.29. The molecule has 0 aliphatic heterocycles. The Morgan fingerprint density at radius 1 is 0.474 bits per heavy atom. The zero-order chi connectivity index (χ0) is 27.3. The third kappa shape index (κ3) is 7.54. The first-order valence-electron chi connectivity index (χ1n) is 15.0. The third-order valence-electron chi connectivity index (χ3n) is 7.68. The summed E-state index contributed by atoms with van der Waals surface area (Å²) in [6, 6.07) is 27.6. The number of benzene rings is 3. The van der Waals surface area contributed by atoms with Gasteiger partial charge in [-0.1, -0.05) is 26.7 Å². The minimum absolute atomic E-state index is 1.03. The smallest absolute Gasteiger partial charge is 0.136 e. The minimum atomic E-state index is 1.03. The number of quaternary nitrogens is 1. The van der Waals surface area contributed by atoms with Crippen LogP contribution < -0.4 is 19.6 Å². The van der Waals surface area contributed by atoms with Gasteiger partial charge in [0.15, 0.2) is 0 Å². The van der Waals surface area contributed by atoms with E-state index in [0.29, 0.717) is 0 Å². The maximum atomic E-state index is 2.48. The van der Waals surface area contributed by atoms with Crippen molar-refractivity contribution < 1.29 is 4.90 Å². The number of hydrogen-bond donors (Lipinski definition) is 1. The van der Waals surface area contributed by atoms with Gasteiger partial charge in [-0.05, 0) is 89.1 Å². The van der Waals surface area contributed by atoms with E-state index in [4.69, 9.17) is 0 Å². The molecule has 3 rings (SSSR count). The molecule has 4 heteroatoms. The van der Waals surface area contributed by atoms with Gasteiger partial charge in [0.25, 0.3) is 0 Å². The van der Waals surface area contributed by atoms with E-state index in [1.165, 1.54) is 64.7 Å². The van der Waals surface area contributed by atoms with Gasteiger partial charge in [0, 0.05) is 79.7 Å². The lowest BCUT2D eigenvalue weighted by Crippen LogP contribution is -3.02. The highest BCUT2D eigenvalue weighted by molar-refractivity contribution is 5.67. The summed E-state index contributed by atoms with van der Waals surface area (Å²) in [5.41, 5.74) is 7.82. The van der Waals surface area contributed by atoms with Gasteiger partial charge < -0.3 is 14.7 Å². The summed E-state index contributed by atoms with van der Waals surface area (Å²) in [5.74, 6) is 0. The van der Waals surface area contributed by atoms with E-state index in [0.717, 1.165) is 39.3 Å². The fourth-order valence-corrected chi connectivity index (χ4v) is 5.27. The van der Waals surface area contributed by atoms with Gasteiger partial charge >= 0.3 is 0 Å². The topological polar surface area (TPSA) is 14.2 Å². The van der Waals surface area contributed by atoms with Gasteiger partial charge in [-0.25, -0.2) is 0 Å². The number of hydrogen-bond acceptors (Lipinski definition) is 3. The van der Waals surface area contributed by atoms with E-state index >= 15 is 0 Å². The van der Waals surface area contributed by atoms with E-state index in [1.807, 2.05) is 0 Å². The zero-order valence-electron chi connectivity index (χ0n) is 24.8. The van der Waals surface area contributed by atoms with Crippen LogP contribution in [-0.2, 0) is 0 Å². The van der Waals surface area contributed by atoms with Crippen LogP contribution in [0.5, 0.6) is 0 Å². The molecule has 3 aromatic rings. The molecule has 0 saturated heterocycles. The van der Waals surface area contributed by atoms with Crippen LogP contribution in [0.4, 0.5) is 34.1 Å². The van der Waals surface area contributed by atoms with Crippen molar-refractivity contribution in [2.45, 2.75) is 67.2 Å². The first-order chi connectivity index (χ1) is 18.6. The average Bonchev–Trinajstić information content (AvgIpc) is 2.97. The summed E-state index contributed by atoms with van der Waals surface area (Å²) in [6.45, 7) is 19.7. The molecule has 0 aliphatic carbocycles. The van der Waals surface area contributed by atoms with Gasteiger partial charge in [-0.15, -0.1) is 0 Å². The second-order valence-corrected chi connectivity index (χ2v) is 10.0. The van der Waals surface area contributed by atoms with Crippen LogP contribution in [0.25, 0.3) is 0 Å². The first-order valence-corrected chi connectivity index (χ1v) is 15.0. The van der Waals surface area contributed by atoms with Crippen molar-refractivity contribution >= 4 is 34.1 Å². The quantitative estimate of drug-likeness (QED) is 0.208. The molecule has 4 nitrogen and oxygen atoms in total. The van der Waals surface area contributed by atoms with Crippen molar-refractivity contribution in [2.75, 3.05) is 54.0 Å². The molecule has 1 N–H and O–H groups in total. The second kappa shape index (κ2) is 15.4. The molecular weight excluding hydrogens is 464 g/mol. The van der Waals surface area contributed by atoms with Crippen LogP contribution >= 0.6 is 0 Å². The fourth-order valence-electron chi connectivity index (χ4n) is 5.27. The molecule has 0 aliphatic rings. The summed E-state index contributed by atoms with van der Waals surface area (Å²) in [6.07, 6.45) is 4.76. The van der Waals surface area contributed by atoms with Crippen molar-refractivity contribution in [1.29, 1.82) is 0 Å². The molecule has 206 valence electrons. The van der Waals surface area contributed by atoms with E-state index in [-0.39, 0.29) is 0 Å². The Morgan fingerprint density at radius 3 is 1.24 bits per heavy atom. The maximum absolute atomic E-state index is 2.48. The van der Waals surface area contributed by atoms with Crippen LogP contribution in [-0.4, -0.2) is 39.3 Å². The van der Waals surface area contributed by atoms with Gasteiger partial charge in [0.1, 0.15) is 11.4 Å². The summed E-state index contributed by atoms with van der Waals surface area (Å²) < 4.78 is 0. The summed E-state index contributed by atoms with van der Waals surface area (Å²) in [7, 11) is 0. The van der Waals surface area contributed by atoms with Gasteiger partial charge in [-0.2, -0.15) is 0 Å². The number of anilines is 4. The third-order valence-corrected chi connectivity index (χ3v) is 7.68. The zero-order valence-corrected chi connectivity index (χ0v) is 24.8. The van der Waals surface area contributed by atoms with Crippen molar-refractivity contribution in [1.82, 2.24) is 0 Å². The highest BCUT2D eigenvalue weighted by atomic mass is 15.2. The Balaban J connectivity index is 1.87. The molecule has 1 unspecified atom stereocenters. The SMILES string of the molecule is CCCCN(c1ccc(N(CC)CC)cc1)c1ccc([NH+](CCCC)c2ccc(N(CC)CC)cc2)cc1. The summed E-state index contributed by atoms with van der Waals surface area (Å²) >= 11 is 0. The van der Waals surface area contributed by atoms with E-state index < -0.39 is 0 Å². The van der Waals surface area contributed by atoms with Crippen LogP contribution in [0.3, 0.4) is 0 Å². The molecule has 3 aromatic carbocycles. The Labute approximate surface area is 232 Å². The molecule has 0 bridgehead atoms. The first kappa shape index (κ1) is 29.6. The molecule has 0 radical (unpaired) electrons. The van der Waals surface area contributed by atoms with E-state index in [9.17, 15) is 0 Å². The summed E-state index contributed by atoms with van der Waals surface area (Å²) in [4.78, 5) is 8.73. The molecule has 1 atom stereocenters. The standard InChI is InChI=1S/C34H50N4/c1-7-13-27-37(31-19-15-29(16-20-31)35(9-3)10-4)33-23-25-34(26-24-33)38(28-14-8-2)32-21-17-30(18-22-32)36(11-5)12-6/h15-26H,7-14,27-28H2,1-6H3/p+1. The van der Waals surface area contributed by atoms with Crippen molar-refractivity contribution in [3.8, 4) is 0 Å². The maximum Gasteiger partial charge on any atom is 0.136 e. The fraction of sp³-hybridized carbons (Fsp3) is 0.471. The largest absolute Gasteiger partial charge is 0.372 e. The number of unbranched alkanes of at least 4 members (excludes halogenated alkanes) is 2. The molecule has 0 heterocycles.